The van der Waals surface area contributed by atoms with Gasteiger partial charge in [0.1, 0.15) is 18.2 Å². The molecule has 20 heavy (non-hydrogen) atoms. The van der Waals surface area contributed by atoms with E-state index in [1.54, 1.807) is 30.3 Å². The minimum Gasteiger partial charge on any atom is -0.489 e. The van der Waals surface area contributed by atoms with Crippen molar-refractivity contribution in [2.45, 2.75) is 26.9 Å². The van der Waals surface area contributed by atoms with Crippen molar-refractivity contribution in [1.82, 2.24) is 0 Å². The number of benzene rings is 2. The number of ether oxygens (including phenoxy) is 1. The molecule has 0 saturated carbocycles. The van der Waals surface area contributed by atoms with E-state index in [9.17, 15) is 9.18 Å². The summed E-state index contributed by atoms with van der Waals surface area (Å²) in [6.45, 7) is 4.07. The van der Waals surface area contributed by atoms with Crippen LogP contribution in [0.4, 0.5) is 4.39 Å². The van der Waals surface area contributed by atoms with Crippen LogP contribution in [-0.4, -0.2) is 5.78 Å². The smallest absolute Gasteiger partial charge is 0.162 e. The molecule has 2 nitrogen and oxygen atoms in total. The highest BCUT2D eigenvalue weighted by atomic mass is 19.1. The molecule has 3 heteroatoms. The van der Waals surface area contributed by atoms with E-state index in [4.69, 9.17) is 4.74 Å². The lowest BCUT2D eigenvalue weighted by molar-refractivity contribution is 0.0988. The normalized spacial score (nSPS) is 10.3. The van der Waals surface area contributed by atoms with E-state index in [2.05, 4.69) is 0 Å². The van der Waals surface area contributed by atoms with Crippen LogP contribution in [0.1, 0.15) is 34.8 Å². The Hall–Kier alpha value is -2.16. The van der Waals surface area contributed by atoms with E-state index in [0.29, 0.717) is 24.3 Å². The van der Waals surface area contributed by atoms with Gasteiger partial charge in [-0.15, -0.1) is 0 Å². The summed E-state index contributed by atoms with van der Waals surface area (Å²) >= 11 is 0. The standard InChI is InChI=1S/C17H17FO2/c1-3-17(19)13-5-8-16(9-6-13)20-11-14-4-7-15(18)10-12(14)2/h4-10H,3,11H2,1-2H3. The van der Waals surface area contributed by atoms with E-state index in [1.165, 1.54) is 12.1 Å². The molecule has 0 amide bonds. The van der Waals surface area contributed by atoms with Crippen molar-refractivity contribution in [3.63, 3.8) is 0 Å². The predicted molar refractivity (Wildman–Crippen MR) is 76.5 cm³/mol. The first-order chi connectivity index (χ1) is 9.60. The molecule has 0 fully saturated rings. The Morgan fingerprint density at radius 3 is 2.45 bits per heavy atom. The molecule has 2 aromatic rings. The second-order valence-electron chi connectivity index (χ2n) is 4.66. The Morgan fingerprint density at radius 2 is 1.85 bits per heavy atom. The van der Waals surface area contributed by atoms with Gasteiger partial charge in [-0.1, -0.05) is 13.0 Å². The topological polar surface area (TPSA) is 26.3 Å². The van der Waals surface area contributed by atoms with Gasteiger partial charge in [-0.3, -0.25) is 4.79 Å². The molecule has 0 bridgehead atoms. The van der Waals surface area contributed by atoms with Crippen molar-refractivity contribution >= 4 is 5.78 Å². The lowest BCUT2D eigenvalue weighted by Gasteiger charge is -2.09. The van der Waals surface area contributed by atoms with E-state index in [0.717, 1.165) is 11.1 Å². The molecule has 0 aliphatic heterocycles. The molecule has 0 aromatic heterocycles. The number of hydrogen-bond donors (Lipinski definition) is 0. The number of hydrogen-bond acceptors (Lipinski definition) is 2. The average molecular weight is 272 g/mol. The molecule has 2 aromatic carbocycles. The SMILES string of the molecule is CCC(=O)c1ccc(OCc2ccc(F)cc2C)cc1. The van der Waals surface area contributed by atoms with Crippen LogP contribution in [0.2, 0.25) is 0 Å². The molecule has 0 unspecified atom stereocenters. The fraction of sp³-hybridized carbons (Fsp3) is 0.235. The minimum absolute atomic E-state index is 0.117. The summed E-state index contributed by atoms with van der Waals surface area (Å²) in [5.74, 6) is 0.570. The minimum atomic E-state index is -0.242. The molecule has 0 aliphatic carbocycles. The number of Topliss-reactive ketones (excluding diaryl/α,β-unsaturated/α-hetero) is 1. The van der Waals surface area contributed by atoms with Gasteiger partial charge in [0.05, 0.1) is 0 Å². The first-order valence-electron chi connectivity index (χ1n) is 6.61. The van der Waals surface area contributed by atoms with Crippen LogP contribution in [0.15, 0.2) is 42.5 Å². The van der Waals surface area contributed by atoms with Gasteiger partial charge >= 0.3 is 0 Å². The van der Waals surface area contributed by atoms with Crippen molar-refractivity contribution < 1.29 is 13.9 Å². The largest absolute Gasteiger partial charge is 0.489 e. The molecular weight excluding hydrogens is 255 g/mol. The Morgan fingerprint density at radius 1 is 1.15 bits per heavy atom. The third kappa shape index (κ3) is 3.44. The van der Waals surface area contributed by atoms with Gasteiger partial charge in [0.15, 0.2) is 5.78 Å². The number of ketones is 1. The van der Waals surface area contributed by atoms with Gasteiger partial charge < -0.3 is 4.74 Å². The van der Waals surface area contributed by atoms with Gasteiger partial charge in [-0.25, -0.2) is 4.39 Å². The molecule has 0 aliphatic rings. The second kappa shape index (κ2) is 6.33. The Bertz CT molecular complexity index is 603. The van der Waals surface area contributed by atoms with Crippen molar-refractivity contribution in [2.75, 3.05) is 0 Å². The monoisotopic (exact) mass is 272 g/mol. The van der Waals surface area contributed by atoms with Gasteiger partial charge in [0.2, 0.25) is 0 Å². The summed E-state index contributed by atoms with van der Waals surface area (Å²) < 4.78 is 18.6. The Kier molecular flexibility index (Phi) is 4.51. The summed E-state index contributed by atoms with van der Waals surface area (Å²) in [5, 5.41) is 0. The summed E-state index contributed by atoms with van der Waals surface area (Å²) in [6, 6.07) is 11.7. The van der Waals surface area contributed by atoms with Crippen LogP contribution in [0, 0.1) is 12.7 Å². The van der Waals surface area contributed by atoms with E-state index in [1.807, 2.05) is 13.8 Å². The number of carbonyl (C=O) groups excluding carboxylic acids is 1. The molecule has 0 radical (unpaired) electrons. The van der Waals surface area contributed by atoms with E-state index >= 15 is 0 Å². The van der Waals surface area contributed by atoms with Crippen LogP contribution in [0.25, 0.3) is 0 Å². The van der Waals surface area contributed by atoms with Crippen LogP contribution in [-0.2, 0) is 6.61 Å². The van der Waals surface area contributed by atoms with Crippen molar-refractivity contribution in [3.05, 3.63) is 65.0 Å². The highest BCUT2D eigenvalue weighted by Crippen LogP contribution is 2.17. The summed E-state index contributed by atoms with van der Waals surface area (Å²) in [5.41, 5.74) is 2.50. The first kappa shape index (κ1) is 14.3. The zero-order valence-corrected chi connectivity index (χ0v) is 11.7. The zero-order valence-electron chi connectivity index (χ0n) is 11.7. The fourth-order valence-electron chi connectivity index (χ4n) is 1.92. The van der Waals surface area contributed by atoms with Gasteiger partial charge in [-0.05, 0) is 54.4 Å². The average Bonchev–Trinajstić information content (AvgIpc) is 2.46. The highest BCUT2D eigenvalue weighted by molar-refractivity contribution is 5.95. The van der Waals surface area contributed by atoms with Gasteiger partial charge in [0, 0.05) is 12.0 Å². The number of aryl methyl sites for hydroxylation is 1. The number of rotatable bonds is 5. The summed E-state index contributed by atoms with van der Waals surface area (Å²) in [7, 11) is 0. The number of halogens is 1. The van der Waals surface area contributed by atoms with E-state index in [-0.39, 0.29) is 11.6 Å². The fourth-order valence-corrected chi connectivity index (χ4v) is 1.92. The third-order valence-corrected chi connectivity index (χ3v) is 3.20. The second-order valence-corrected chi connectivity index (χ2v) is 4.66. The van der Waals surface area contributed by atoms with Crippen molar-refractivity contribution in [2.24, 2.45) is 0 Å². The lowest BCUT2D eigenvalue weighted by Crippen LogP contribution is -2.00. The van der Waals surface area contributed by atoms with Crippen molar-refractivity contribution in [1.29, 1.82) is 0 Å². The Labute approximate surface area is 118 Å². The Balaban J connectivity index is 2.02. The zero-order chi connectivity index (χ0) is 14.5. The van der Waals surface area contributed by atoms with Crippen LogP contribution >= 0.6 is 0 Å². The van der Waals surface area contributed by atoms with Crippen LogP contribution in [0.5, 0.6) is 5.75 Å². The molecule has 0 saturated heterocycles. The molecule has 0 heterocycles. The van der Waals surface area contributed by atoms with Gasteiger partial charge in [-0.2, -0.15) is 0 Å². The maximum absolute atomic E-state index is 13.0. The molecule has 104 valence electrons. The first-order valence-corrected chi connectivity index (χ1v) is 6.61. The molecular formula is C17H17FO2. The van der Waals surface area contributed by atoms with Gasteiger partial charge in [0.25, 0.3) is 0 Å². The summed E-state index contributed by atoms with van der Waals surface area (Å²) in [6.07, 6.45) is 0.495. The molecule has 0 spiro atoms. The van der Waals surface area contributed by atoms with Crippen molar-refractivity contribution in [3.8, 4) is 5.75 Å². The molecule has 0 N–H and O–H groups in total. The van der Waals surface area contributed by atoms with Crippen LogP contribution < -0.4 is 4.74 Å². The predicted octanol–water partition coefficient (Wildman–Crippen LogP) is 4.31. The molecule has 2 rings (SSSR count). The maximum atomic E-state index is 13.0. The lowest BCUT2D eigenvalue weighted by atomic mass is 10.1. The quantitative estimate of drug-likeness (QED) is 0.758. The van der Waals surface area contributed by atoms with Crippen LogP contribution in [0.3, 0.4) is 0 Å². The van der Waals surface area contributed by atoms with E-state index < -0.39 is 0 Å². The maximum Gasteiger partial charge on any atom is 0.162 e. The third-order valence-electron chi connectivity index (χ3n) is 3.20. The molecule has 0 atom stereocenters. The summed E-state index contributed by atoms with van der Waals surface area (Å²) in [4.78, 5) is 11.5. The highest BCUT2D eigenvalue weighted by Gasteiger charge is 2.04. The number of carbonyl (C=O) groups is 1.